The van der Waals surface area contributed by atoms with Gasteiger partial charge in [-0.1, -0.05) is 25.7 Å². The second-order valence-electron chi connectivity index (χ2n) is 9.70. The second-order valence-corrected chi connectivity index (χ2v) is 9.70. The van der Waals surface area contributed by atoms with E-state index in [1.54, 1.807) is 10.8 Å². The molecule has 0 spiro atoms. The van der Waals surface area contributed by atoms with Crippen LogP contribution in [0.15, 0.2) is 30.9 Å². The largest absolute Gasteiger partial charge is 0.443 e. The maximum Gasteiger partial charge on any atom is 0.312 e. The lowest BCUT2D eigenvalue weighted by Crippen LogP contribution is -2.23. The summed E-state index contributed by atoms with van der Waals surface area (Å²) in [6.07, 6.45) is 13.9. The zero-order valence-corrected chi connectivity index (χ0v) is 19.0. The minimum atomic E-state index is -0.563. The number of carbonyl (C=O) groups excluding carboxylic acids is 1. The molecule has 1 aliphatic carbocycles. The summed E-state index contributed by atoms with van der Waals surface area (Å²) >= 11 is 0. The van der Waals surface area contributed by atoms with Crippen molar-refractivity contribution in [3.8, 4) is 17.2 Å². The van der Waals surface area contributed by atoms with Gasteiger partial charge in [-0.3, -0.25) is 14.0 Å². The first-order valence-corrected chi connectivity index (χ1v) is 11.3. The number of ether oxygens (including phenoxy) is 1. The Morgan fingerprint density at radius 3 is 2.81 bits per heavy atom. The van der Waals surface area contributed by atoms with Crippen LogP contribution in [0, 0.1) is 22.7 Å². The van der Waals surface area contributed by atoms with Crippen LogP contribution in [-0.2, 0) is 16.3 Å². The lowest BCUT2D eigenvalue weighted by atomic mass is 9.97. The third-order valence-electron chi connectivity index (χ3n) is 6.20. The molecule has 0 aliphatic heterocycles. The highest BCUT2D eigenvalue weighted by Crippen LogP contribution is 2.34. The molecule has 3 heterocycles. The van der Waals surface area contributed by atoms with Crippen LogP contribution < -0.4 is 0 Å². The van der Waals surface area contributed by atoms with Crippen LogP contribution in [0.1, 0.15) is 65.3 Å². The Kier molecular flexibility index (Phi) is 6.26. The van der Waals surface area contributed by atoms with Crippen molar-refractivity contribution in [1.82, 2.24) is 24.5 Å². The molecular weight excluding hydrogens is 404 g/mol. The van der Waals surface area contributed by atoms with E-state index < -0.39 is 5.41 Å². The molecule has 8 heteroatoms. The van der Waals surface area contributed by atoms with Crippen molar-refractivity contribution in [2.45, 2.75) is 72.1 Å². The minimum Gasteiger partial charge on any atom is -0.443 e. The quantitative estimate of drug-likeness (QED) is 0.492. The lowest BCUT2D eigenvalue weighted by molar-refractivity contribution is -0.156. The average Bonchev–Trinajstić information content (AvgIpc) is 3.51. The summed E-state index contributed by atoms with van der Waals surface area (Å²) in [7, 11) is 0. The van der Waals surface area contributed by atoms with Crippen molar-refractivity contribution in [3.05, 3.63) is 30.9 Å². The fourth-order valence-electron chi connectivity index (χ4n) is 4.37. The minimum absolute atomic E-state index is 0.0859. The van der Waals surface area contributed by atoms with E-state index in [0.717, 1.165) is 22.9 Å². The van der Waals surface area contributed by atoms with E-state index in [9.17, 15) is 10.1 Å². The molecule has 0 bridgehead atoms. The summed E-state index contributed by atoms with van der Waals surface area (Å²) < 4.78 is 9.15. The number of hydrogen-bond donors (Lipinski definition) is 0. The van der Waals surface area contributed by atoms with Gasteiger partial charge in [-0.25, -0.2) is 0 Å². The van der Waals surface area contributed by atoms with Crippen molar-refractivity contribution in [1.29, 1.82) is 5.26 Å². The Morgan fingerprint density at radius 1 is 1.31 bits per heavy atom. The molecule has 0 amide bonds. The number of nitrogens with zero attached hydrogens (tertiary/aromatic N) is 6. The molecule has 3 aromatic heterocycles. The molecule has 0 N–H and O–H groups in total. The normalized spacial score (nSPS) is 15.7. The van der Waals surface area contributed by atoms with Crippen LogP contribution in [0.5, 0.6) is 0 Å². The summed E-state index contributed by atoms with van der Waals surface area (Å²) in [6, 6.07) is 4.37. The van der Waals surface area contributed by atoms with Crippen LogP contribution in [0.2, 0.25) is 0 Å². The van der Waals surface area contributed by atoms with Crippen LogP contribution in [-0.4, -0.2) is 30.5 Å². The Hall–Kier alpha value is -3.21. The number of carbonyl (C=O) groups is 1. The van der Waals surface area contributed by atoms with Gasteiger partial charge in [0, 0.05) is 28.9 Å². The van der Waals surface area contributed by atoms with Crippen molar-refractivity contribution in [2.75, 3.05) is 0 Å². The first kappa shape index (κ1) is 22.0. The lowest BCUT2D eigenvalue weighted by Gasteiger charge is -2.18. The van der Waals surface area contributed by atoms with Crippen molar-refractivity contribution in [3.63, 3.8) is 0 Å². The summed E-state index contributed by atoms with van der Waals surface area (Å²) in [5.74, 6) is 0.413. The van der Waals surface area contributed by atoms with E-state index in [-0.39, 0.29) is 18.7 Å². The zero-order valence-electron chi connectivity index (χ0n) is 19.0. The van der Waals surface area contributed by atoms with Crippen LogP contribution >= 0.6 is 0 Å². The fraction of sp³-hybridized carbons (Fsp3) is 0.542. The van der Waals surface area contributed by atoms with Gasteiger partial charge in [0.1, 0.15) is 0 Å². The molecule has 1 aliphatic rings. The van der Waals surface area contributed by atoms with E-state index in [1.165, 1.54) is 25.7 Å². The third-order valence-corrected chi connectivity index (χ3v) is 6.20. The highest BCUT2D eigenvalue weighted by atomic mass is 16.5. The SMILES string of the molecule is CC(C)(C)C(=O)OCn1ccc2c(-c3cnn(C(CC#N)CC4CCCC4)c3)cnnc21. The second kappa shape index (κ2) is 9.11. The molecule has 1 saturated carbocycles. The predicted molar refractivity (Wildman–Crippen MR) is 120 cm³/mol. The summed E-state index contributed by atoms with van der Waals surface area (Å²) in [5, 5.41) is 23.3. The number of esters is 1. The van der Waals surface area contributed by atoms with Gasteiger partial charge in [-0.2, -0.15) is 15.5 Å². The Morgan fingerprint density at radius 2 is 2.09 bits per heavy atom. The predicted octanol–water partition coefficient (Wildman–Crippen LogP) is 4.88. The van der Waals surface area contributed by atoms with E-state index in [1.807, 2.05) is 50.1 Å². The molecule has 1 atom stereocenters. The number of rotatable bonds is 7. The first-order chi connectivity index (χ1) is 15.4. The third kappa shape index (κ3) is 4.67. The maximum atomic E-state index is 12.1. The van der Waals surface area contributed by atoms with Gasteiger partial charge in [-0.15, -0.1) is 5.10 Å². The van der Waals surface area contributed by atoms with Gasteiger partial charge in [0.25, 0.3) is 0 Å². The van der Waals surface area contributed by atoms with E-state index in [0.29, 0.717) is 18.0 Å². The Balaban J connectivity index is 1.56. The molecule has 32 heavy (non-hydrogen) atoms. The maximum absolute atomic E-state index is 12.1. The summed E-state index contributed by atoms with van der Waals surface area (Å²) in [6.45, 7) is 5.56. The van der Waals surface area contributed by atoms with Gasteiger partial charge < -0.3 is 4.74 Å². The van der Waals surface area contributed by atoms with Crippen LogP contribution in [0.3, 0.4) is 0 Å². The van der Waals surface area contributed by atoms with E-state index in [2.05, 4.69) is 21.4 Å². The van der Waals surface area contributed by atoms with Crippen molar-refractivity contribution < 1.29 is 9.53 Å². The van der Waals surface area contributed by atoms with Crippen molar-refractivity contribution >= 4 is 17.0 Å². The summed E-state index contributed by atoms with van der Waals surface area (Å²) in [4.78, 5) is 12.1. The van der Waals surface area contributed by atoms with E-state index in [4.69, 9.17) is 4.74 Å². The first-order valence-electron chi connectivity index (χ1n) is 11.3. The molecule has 8 nitrogen and oxygen atoms in total. The highest BCUT2D eigenvalue weighted by Gasteiger charge is 2.24. The number of hydrogen-bond acceptors (Lipinski definition) is 6. The number of nitriles is 1. The molecule has 0 aromatic carbocycles. The van der Waals surface area contributed by atoms with E-state index >= 15 is 0 Å². The number of fused-ring (bicyclic) bond motifs is 1. The Bertz CT molecular complexity index is 1130. The molecule has 1 unspecified atom stereocenters. The molecule has 1 fully saturated rings. The molecule has 0 saturated heterocycles. The van der Waals surface area contributed by atoms with Crippen LogP contribution in [0.4, 0.5) is 0 Å². The van der Waals surface area contributed by atoms with Crippen LogP contribution in [0.25, 0.3) is 22.2 Å². The summed E-state index contributed by atoms with van der Waals surface area (Å²) in [5.41, 5.74) is 1.94. The van der Waals surface area contributed by atoms with Gasteiger partial charge in [0.05, 0.1) is 36.3 Å². The fourth-order valence-corrected chi connectivity index (χ4v) is 4.37. The molecule has 4 rings (SSSR count). The van der Waals surface area contributed by atoms with Gasteiger partial charge in [-0.05, 0) is 39.2 Å². The molecule has 168 valence electrons. The van der Waals surface area contributed by atoms with Gasteiger partial charge >= 0.3 is 5.97 Å². The van der Waals surface area contributed by atoms with Gasteiger partial charge in [0.15, 0.2) is 12.4 Å². The smallest absolute Gasteiger partial charge is 0.312 e. The van der Waals surface area contributed by atoms with Gasteiger partial charge in [0.2, 0.25) is 0 Å². The molecule has 0 radical (unpaired) electrons. The standard InChI is InChI=1S/C24H30N6O2/c1-24(2,3)23(31)32-16-29-11-9-20-21(14-26-28-22(20)29)18-13-27-30(15-18)19(8-10-25)12-17-6-4-5-7-17/h9,11,13-15,17,19H,4-8,12,16H2,1-3H3. The molecule has 3 aromatic rings. The average molecular weight is 435 g/mol. The topological polar surface area (TPSA) is 98.6 Å². The Labute approximate surface area is 188 Å². The highest BCUT2D eigenvalue weighted by molar-refractivity contribution is 5.92. The monoisotopic (exact) mass is 434 g/mol. The van der Waals surface area contributed by atoms with Crippen molar-refractivity contribution in [2.24, 2.45) is 11.3 Å². The molecular formula is C24H30N6O2. The zero-order chi connectivity index (χ0) is 22.7. The number of aromatic nitrogens is 5.